The van der Waals surface area contributed by atoms with Gasteiger partial charge in [-0.3, -0.25) is 9.59 Å². The Kier molecular flexibility index (Phi) is 28.3. The minimum atomic E-state index is -0.0162. The average Bonchev–Trinajstić information content (AvgIpc) is 2.55. The summed E-state index contributed by atoms with van der Waals surface area (Å²) in [4.78, 5) is 22.4. The molecule has 0 fully saturated rings. The highest BCUT2D eigenvalue weighted by atomic mass is 79.9. The monoisotopic (exact) mass is 514 g/mol. The molecule has 4 nitrogen and oxygen atoms in total. The second-order valence-electron chi connectivity index (χ2n) is 3.73. The van der Waals surface area contributed by atoms with Gasteiger partial charge in [-0.25, -0.2) is 0 Å². The fraction of sp³-hybridized carbons (Fsp3) is 0.375. The van der Waals surface area contributed by atoms with E-state index in [1.165, 1.54) is 0 Å². The number of carbonyl (C=O) groups is 2. The van der Waals surface area contributed by atoms with E-state index in [-0.39, 0.29) is 10.6 Å². The Hall–Kier alpha value is -0.500. The lowest BCUT2D eigenvalue weighted by molar-refractivity contribution is -0.127. The third-order valence-corrected chi connectivity index (χ3v) is 3.87. The van der Waals surface area contributed by atoms with Crippen molar-refractivity contribution in [1.29, 1.82) is 0 Å². The van der Waals surface area contributed by atoms with E-state index in [0.29, 0.717) is 23.7 Å². The van der Waals surface area contributed by atoms with Crippen LogP contribution in [0.3, 0.4) is 0 Å². The van der Waals surface area contributed by atoms with E-state index in [0.717, 1.165) is 13.1 Å². The largest absolute Gasteiger partial charge is 0.335 e. The van der Waals surface area contributed by atoms with Crippen molar-refractivity contribution in [2.75, 3.05) is 36.8 Å². The Bertz CT molecular complexity index is 343. The Morgan fingerprint density at radius 2 is 1.26 bits per heavy atom. The predicted molar refractivity (Wildman–Crippen MR) is 112 cm³/mol. The summed E-state index contributed by atoms with van der Waals surface area (Å²) in [7, 11) is 0. The molecular weight excluding hydrogens is 492 g/mol. The molecule has 1 N–H and O–H groups in total. The van der Waals surface area contributed by atoms with Gasteiger partial charge in [0.2, 0.25) is 10.6 Å². The van der Waals surface area contributed by atoms with Gasteiger partial charge in [0.25, 0.3) is 0 Å². The van der Waals surface area contributed by atoms with Crippen LogP contribution in [0.15, 0.2) is 50.6 Å². The molecule has 0 aromatic heterocycles. The first-order valence-corrected chi connectivity index (χ1v) is 9.70. The van der Waals surface area contributed by atoms with E-state index in [1.54, 1.807) is 17.1 Å². The van der Waals surface area contributed by atoms with E-state index in [1.807, 2.05) is 12.2 Å². The number of hydrogen-bond donors (Lipinski definition) is 1. The molecule has 0 aromatic carbocycles. The van der Waals surface area contributed by atoms with Gasteiger partial charge in [0.15, 0.2) is 0 Å². The first-order valence-electron chi connectivity index (χ1n) is 6.67. The summed E-state index contributed by atoms with van der Waals surface area (Å²) in [5.41, 5.74) is 0. The average molecular weight is 517 g/mol. The Labute approximate surface area is 165 Å². The van der Waals surface area contributed by atoms with Crippen LogP contribution in [0.1, 0.15) is 0 Å². The van der Waals surface area contributed by atoms with Crippen LogP contribution in [-0.4, -0.2) is 52.3 Å². The van der Waals surface area contributed by atoms with E-state index in [2.05, 4.69) is 79.4 Å². The van der Waals surface area contributed by atoms with Crippen molar-refractivity contribution in [3.05, 3.63) is 50.6 Å². The topological polar surface area (TPSA) is 49.4 Å². The molecule has 0 spiro atoms. The molecule has 7 heteroatoms. The second-order valence-corrected chi connectivity index (χ2v) is 5.74. The van der Waals surface area contributed by atoms with Crippen LogP contribution in [-0.2, 0) is 9.59 Å². The number of halogens is 3. The highest BCUT2D eigenvalue weighted by Crippen LogP contribution is 1.94. The zero-order valence-electron chi connectivity index (χ0n) is 13.3. The molecule has 0 bridgehead atoms. The van der Waals surface area contributed by atoms with Crippen molar-refractivity contribution in [2.24, 2.45) is 0 Å². The van der Waals surface area contributed by atoms with Crippen molar-refractivity contribution in [1.82, 2.24) is 10.2 Å². The molecule has 0 rings (SSSR count). The molecule has 0 unspecified atom stereocenters. The molecule has 132 valence electrons. The third kappa shape index (κ3) is 26.7. The molecule has 0 aliphatic carbocycles. The Morgan fingerprint density at radius 3 is 1.48 bits per heavy atom. The molecule has 23 heavy (non-hydrogen) atoms. The molecule has 0 heterocycles. The lowest BCUT2D eigenvalue weighted by atomic mass is 10.4. The van der Waals surface area contributed by atoms with Crippen LogP contribution < -0.4 is 5.32 Å². The number of carbonyl (C=O) groups excluding carboxylic acids is 2. The maximum Gasteiger partial charge on any atom is 0.233 e. The number of nitrogens with one attached hydrogen (secondary N) is 1. The van der Waals surface area contributed by atoms with Crippen molar-refractivity contribution in [2.45, 2.75) is 0 Å². The molecular formula is C16H25Br3N2O2. The molecule has 0 aromatic rings. The fourth-order valence-electron chi connectivity index (χ4n) is 0.962. The minimum absolute atomic E-state index is 0.0162. The minimum Gasteiger partial charge on any atom is -0.335 e. The normalized spacial score (nSPS) is 8.30. The van der Waals surface area contributed by atoms with Gasteiger partial charge in [0.05, 0.1) is 10.7 Å². The van der Waals surface area contributed by atoms with Gasteiger partial charge < -0.3 is 10.2 Å². The first kappa shape index (κ1) is 27.4. The van der Waals surface area contributed by atoms with Gasteiger partial charge in [-0.15, -0.1) is 26.3 Å². The van der Waals surface area contributed by atoms with Crippen LogP contribution in [0.2, 0.25) is 0 Å². The zero-order valence-corrected chi connectivity index (χ0v) is 18.0. The van der Waals surface area contributed by atoms with Gasteiger partial charge in [-0.2, -0.15) is 0 Å². The maximum absolute atomic E-state index is 11.1. The molecule has 0 radical (unpaired) electrons. The zero-order chi connectivity index (χ0) is 18.5. The van der Waals surface area contributed by atoms with Crippen LogP contribution in [0.5, 0.6) is 0 Å². The number of hydrogen-bond acceptors (Lipinski definition) is 3. The Morgan fingerprint density at radius 1 is 0.870 bits per heavy atom. The highest BCUT2D eigenvalue weighted by Gasteiger charge is 2.06. The number of rotatable bonds is 10. The van der Waals surface area contributed by atoms with Gasteiger partial charge in [-0.05, 0) is 15.9 Å². The van der Waals surface area contributed by atoms with Crippen molar-refractivity contribution < 1.29 is 9.59 Å². The van der Waals surface area contributed by atoms with Gasteiger partial charge in [-0.1, -0.05) is 56.2 Å². The van der Waals surface area contributed by atoms with Crippen LogP contribution in [0, 0.1) is 0 Å². The first-order chi connectivity index (χ1) is 10.9. The summed E-state index contributed by atoms with van der Waals surface area (Å²) >= 11 is 8.70. The van der Waals surface area contributed by atoms with Gasteiger partial charge >= 0.3 is 0 Å². The standard InChI is InChI=1S/C8H12BrNO.C6H11N.C2H2Br2O/c1-3-5-10(6-4-2)8(11)7-9;1-3-5-7-6-4-2;3-1-2(4)5/h3-4H,1-2,5-7H2;3-4,7H,1-2,5-6H2;1H2. The lowest BCUT2D eigenvalue weighted by Gasteiger charge is -2.17. The Balaban J connectivity index is -0.000000286. The summed E-state index contributed by atoms with van der Waals surface area (Å²) in [6.07, 6.45) is 7.04. The predicted octanol–water partition coefficient (Wildman–Crippen LogP) is 3.83. The van der Waals surface area contributed by atoms with Gasteiger partial charge in [0.1, 0.15) is 0 Å². The molecule has 0 aliphatic rings. The smallest absolute Gasteiger partial charge is 0.233 e. The van der Waals surface area contributed by atoms with E-state index in [9.17, 15) is 9.59 Å². The highest BCUT2D eigenvalue weighted by molar-refractivity contribution is 9.19. The number of nitrogens with zero attached hydrogens (tertiary/aromatic N) is 1. The summed E-state index contributed by atoms with van der Waals surface area (Å²) in [5, 5.41) is 3.80. The van der Waals surface area contributed by atoms with E-state index in [4.69, 9.17) is 0 Å². The second kappa shape index (κ2) is 23.8. The van der Waals surface area contributed by atoms with Crippen LogP contribution >= 0.6 is 47.8 Å². The summed E-state index contributed by atoms with van der Waals surface area (Å²) in [6, 6.07) is 0. The number of alkyl halides is 2. The molecule has 0 aliphatic heterocycles. The molecule has 1 amide bonds. The third-order valence-electron chi connectivity index (χ3n) is 1.85. The lowest BCUT2D eigenvalue weighted by Crippen LogP contribution is -2.31. The maximum atomic E-state index is 11.1. The summed E-state index contributed by atoms with van der Waals surface area (Å²) < 4.78 is -0.0162. The summed E-state index contributed by atoms with van der Waals surface area (Å²) in [6.45, 7) is 17.1. The quantitative estimate of drug-likeness (QED) is 0.208. The number of amides is 1. The molecule has 0 saturated carbocycles. The van der Waals surface area contributed by atoms with E-state index >= 15 is 0 Å². The molecule has 0 saturated heterocycles. The van der Waals surface area contributed by atoms with Crippen LogP contribution in [0.4, 0.5) is 0 Å². The fourth-order valence-corrected chi connectivity index (χ4v) is 1.32. The van der Waals surface area contributed by atoms with E-state index < -0.39 is 0 Å². The SMILES string of the molecule is C=CCN(CC=C)C(=O)CBr.C=CCNCC=C.O=C(Br)CBr. The van der Waals surface area contributed by atoms with Crippen molar-refractivity contribution in [3.63, 3.8) is 0 Å². The van der Waals surface area contributed by atoms with Crippen molar-refractivity contribution in [3.8, 4) is 0 Å². The van der Waals surface area contributed by atoms with Gasteiger partial charge in [0, 0.05) is 26.2 Å². The van der Waals surface area contributed by atoms with Crippen LogP contribution in [0.25, 0.3) is 0 Å². The van der Waals surface area contributed by atoms with Crippen molar-refractivity contribution >= 4 is 58.4 Å². The molecule has 0 atom stereocenters. The summed E-state index contributed by atoms with van der Waals surface area (Å²) in [5.74, 6) is 0.0600.